The van der Waals surface area contributed by atoms with Crippen LogP contribution in [0.3, 0.4) is 0 Å². The van der Waals surface area contributed by atoms with Gasteiger partial charge in [0.25, 0.3) is 0 Å². The summed E-state index contributed by atoms with van der Waals surface area (Å²) in [6, 6.07) is 5.09. The van der Waals surface area contributed by atoms with Crippen LogP contribution in [0.15, 0.2) is 33.5 Å². The molecule has 0 spiro atoms. The molecule has 0 bridgehead atoms. The molecule has 0 saturated heterocycles. The Balaban J connectivity index is 2.43. The molecule has 5 N–H and O–H groups in total. The monoisotopic (exact) mass is 316 g/mol. The summed E-state index contributed by atoms with van der Waals surface area (Å²) in [5, 5.41) is 48.4. The van der Waals surface area contributed by atoms with Gasteiger partial charge in [0.1, 0.15) is 16.9 Å². The van der Waals surface area contributed by atoms with E-state index < -0.39 is 39.4 Å². The first-order valence-corrected chi connectivity index (χ1v) is 6.55. The summed E-state index contributed by atoms with van der Waals surface area (Å²) in [6.07, 6.45) is 0. The molecule has 1 aromatic heterocycles. The zero-order chi connectivity index (χ0) is 16.9. The van der Waals surface area contributed by atoms with Crippen LogP contribution in [0.25, 0.3) is 22.3 Å². The Hall–Kier alpha value is -3.35. The van der Waals surface area contributed by atoms with Gasteiger partial charge in [-0.2, -0.15) is 0 Å². The zero-order valence-electron chi connectivity index (χ0n) is 11.9. The van der Waals surface area contributed by atoms with Crippen LogP contribution in [-0.4, -0.2) is 25.5 Å². The molecule has 0 radical (unpaired) electrons. The molecule has 0 amide bonds. The average molecular weight is 316 g/mol. The second-order valence-electron chi connectivity index (χ2n) is 5.08. The molecule has 1 heterocycles. The summed E-state index contributed by atoms with van der Waals surface area (Å²) in [7, 11) is 0. The van der Waals surface area contributed by atoms with Gasteiger partial charge < -0.3 is 29.9 Å². The number of rotatable bonds is 1. The molecular weight excluding hydrogens is 304 g/mol. The quantitative estimate of drug-likeness (QED) is 0.344. The van der Waals surface area contributed by atoms with E-state index in [-0.39, 0.29) is 17.1 Å². The van der Waals surface area contributed by atoms with Gasteiger partial charge in [0, 0.05) is 11.6 Å². The van der Waals surface area contributed by atoms with E-state index in [0.717, 1.165) is 6.07 Å². The normalized spacial score (nSPS) is 11.0. The van der Waals surface area contributed by atoms with Crippen LogP contribution >= 0.6 is 0 Å². The Morgan fingerprint density at radius 2 is 1.57 bits per heavy atom. The van der Waals surface area contributed by atoms with Crippen LogP contribution in [0.2, 0.25) is 0 Å². The molecule has 0 fully saturated rings. The van der Waals surface area contributed by atoms with Crippen molar-refractivity contribution >= 4 is 11.0 Å². The van der Waals surface area contributed by atoms with Crippen molar-refractivity contribution in [2.24, 2.45) is 0 Å². The van der Waals surface area contributed by atoms with Crippen LogP contribution in [0.4, 0.5) is 0 Å². The topological polar surface area (TPSA) is 131 Å². The van der Waals surface area contributed by atoms with Gasteiger partial charge in [-0.25, -0.2) is 0 Å². The molecule has 7 heteroatoms. The van der Waals surface area contributed by atoms with Gasteiger partial charge in [-0.05, 0) is 18.6 Å². The van der Waals surface area contributed by atoms with E-state index in [1.807, 2.05) is 0 Å². The van der Waals surface area contributed by atoms with Crippen molar-refractivity contribution in [1.29, 1.82) is 0 Å². The third-order valence-electron chi connectivity index (χ3n) is 3.55. The Morgan fingerprint density at radius 3 is 2.22 bits per heavy atom. The first-order valence-electron chi connectivity index (χ1n) is 6.55. The van der Waals surface area contributed by atoms with Gasteiger partial charge in [-0.1, -0.05) is 12.1 Å². The van der Waals surface area contributed by atoms with Crippen molar-refractivity contribution < 1.29 is 29.9 Å². The van der Waals surface area contributed by atoms with Crippen LogP contribution in [0, 0.1) is 6.92 Å². The lowest BCUT2D eigenvalue weighted by Gasteiger charge is -2.10. The van der Waals surface area contributed by atoms with E-state index in [0.29, 0.717) is 5.56 Å². The van der Waals surface area contributed by atoms with Crippen molar-refractivity contribution in [3.05, 3.63) is 40.1 Å². The van der Waals surface area contributed by atoms with E-state index in [1.165, 1.54) is 12.1 Å². The standard InChI is InChI=1S/C16H12O7/c1-6-2-3-7(4-8(6)17)15-14(22)13(21)11-9(18)5-10(19)12(20)16(11)23-15/h2-5,17-20,22H,1H3. The summed E-state index contributed by atoms with van der Waals surface area (Å²) >= 11 is 0. The number of hydrogen-bond donors (Lipinski definition) is 5. The molecule has 0 aliphatic heterocycles. The predicted molar refractivity (Wildman–Crippen MR) is 81.0 cm³/mol. The lowest BCUT2D eigenvalue weighted by Crippen LogP contribution is -2.03. The minimum Gasteiger partial charge on any atom is -0.508 e. The summed E-state index contributed by atoms with van der Waals surface area (Å²) in [5.41, 5.74) is -0.684. The lowest BCUT2D eigenvalue weighted by molar-refractivity contribution is 0.390. The fourth-order valence-electron chi connectivity index (χ4n) is 2.26. The number of aromatic hydroxyl groups is 5. The van der Waals surface area contributed by atoms with Gasteiger partial charge in [-0.15, -0.1) is 0 Å². The molecule has 0 saturated carbocycles. The second-order valence-corrected chi connectivity index (χ2v) is 5.08. The lowest BCUT2D eigenvalue weighted by atomic mass is 10.1. The molecule has 0 unspecified atom stereocenters. The first kappa shape index (κ1) is 14.6. The van der Waals surface area contributed by atoms with Gasteiger partial charge in [0.15, 0.2) is 17.1 Å². The molecule has 2 aromatic carbocycles. The summed E-state index contributed by atoms with van der Waals surface area (Å²) < 4.78 is 5.32. The van der Waals surface area contributed by atoms with E-state index in [1.54, 1.807) is 13.0 Å². The molecule has 3 rings (SSSR count). The van der Waals surface area contributed by atoms with Gasteiger partial charge >= 0.3 is 0 Å². The summed E-state index contributed by atoms with van der Waals surface area (Å²) in [4.78, 5) is 12.2. The van der Waals surface area contributed by atoms with E-state index in [9.17, 15) is 30.3 Å². The predicted octanol–water partition coefficient (Wildman–Crippen LogP) is 2.30. The maximum absolute atomic E-state index is 12.2. The molecule has 0 aliphatic carbocycles. The highest BCUT2D eigenvalue weighted by Gasteiger charge is 2.22. The smallest absolute Gasteiger partial charge is 0.238 e. The van der Waals surface area contributed by atoms with Gasteiger partial charge in [0.2, 0.25) is 16.9 Å². The van der Waals surface area contributed by atoms with E-state index >= 15 is 0 Å². The largest absolute Gasteiger partial charge is 0.508 e. The zero-order valence-corrected chi connectivity index (χ0v) is 11.9. The first-order chi connectivity index (χ1) is 10.8. The van der Waals surface area contributed by atoms with Gasteiger partial charge in [-0.3, -0.25) is 4.79 Å². The maximum atomic E-state index is 12.2. The number of phenolic OH excluding ortho intramolecular Hbond substituents is 4. The molecule has 0 aliphatic rings. The molecular formula is C16H12O7. The number of benzene rings is 2. The maximum Gasteiger partial charge on any atom is 0.238 e. The van der Waals surface area contributed by atoms with Crippen molar-refractivity contribution in [2.45, 2.75) is 6.92 Å². The molecule has 118 valence electrons. The minimum absolute atomic E-state index is 0.0763. The highest BCUT2D eigenvalue weighted by Crippen LogP contribution is 2.42. The third-order valence-corrected chi connectivity index (χ3v) is 3.55. The molecule has 23 heavy (non-hydrogen) atoms. The number of aryl methyl sites for hydroxylation is 1. The van der Waals surface area contributed by atoms with Crippen LogP contribution < -0.4 is 5.43 Å². The third kappa shape index (κ3) is 2.10. The number of hydrogen-bond acceptors (Lipinski definition) is 7. The minimum atomic E-state index is -0.978. The fraction of sp³-hybridized carbons (Fsp3) is 0.0625. The fourth-order valence-corrected chi connectivity index (χ4v) is 2.26. The highest BCUT2D eigenvalue weighted by molar-refractivity contribution is 5.92. The van der Waals surface area contributed by atoms with Crippen LogP contribution in [0.1, 0.15) is 5.56 Å². The van der Waals surface area contributed by atoms with Gasteiger partial charge in [0.05, 0.1) is 0 Å². The van der Waals surface area contributed by atoms with Crippen LogP contribution in [0.5, 0.6) is 28.7 Å². The van der Waals surface area contributed by atoms with E-state index in [4.69, 9.17) is 4.42 Å². The van der Waals surface area contributed by atoms with Crippen molar-refractivity contribution in [3.8, 4) is 40.1 Å². The van der Waals surface area contributed by atoms with Crippen LogP contribution in [-0.2, 0) is 0 Å². The highest BCUT2D eigenvalue weighted by atomic mass is 16.4. The van der Waals surface area contributed by atoms with Crippen molar-refractivity contribution in [2.75, 3.05) is 0 Å². The Morgan fingerprint density at radius 1 is 0.870 bits per heavy atom. The Labute approximate surface area is 128 Å². The summed E-state index contributed by atoms with van der Waals surface area (Å²) in [5.74, 6) is -3.24. The van der Waals surface area contributed by atoms with Crippen molar-refractivity contribution in [1.82, 2.24) is 0 Å². The number of phenols is 4. The number of fused-ring (bicyclic) bond motifs is 1. The summed E-state index contributed by atoms with van der Waals surface area (Å²) in [6.45, 7) is 1.66. The molecule has 3 aromatic rings. The molecule has 0 atom stereocenters. The van der Waals surface area contributed by atoms with Crippen molar-refractivity contribution in [3.63, 3.8) is 0 Å². The molecule has 7 nitrogen and oxygen atoms in total. The average Bonchev–Trinajstić information content (AvgIpc) is 2.50. The Kier molecular flexibility index (Phi) is 3.07. The second kappa shape index (κ2) is 4.84. The van der Waals surface area contributed by atoms with E-state index in [2.05, 4.69) is 0 Å². The SMILES string of the molecule is Cc1ccc(-c2oc3c(O)c(O)cc(O)c3c(=O)c2O)cc1O. The Bertz CT molecular complexity index is 1000.